The third-order valence-electron chi connectivity index (χ3n) is 5.94. The van der Waals surface area contributed by atoms with Crippen molar-refractivity contribution in [1.82, 2.24) is 19.9 Å². The summed E-state index contributed by atoms with van der Waals surface area (Å²) in [6.07, 6.45) is 2.48. The Bertz CT molecular complexity index is 1280. The Labute approximate surface area is 200 Å². The monoisotopic (exact) mass is 479 g/mol. The third kappa shape index (κ3) is 4.21. The van der Waals surface area contributed by atoms with Gasteiger partial charge in [-0.3, -0.25) is 9.00 Å². The molecule has 176 valence electrons. The first-order valence-electron chi connectivity index (χ1n) is 10.9. The van der Waals surface area contributed by atoms with E-state index in [1.54, 1.807) is 27.4 Å². The van der Waals surface area contributed by atoms with Gasteiger partial charge in [0.25, 0.3) is 5.91 Å². The molecule has 4 heterocycles. The Hall–Kier alpha value is -3.53. The fourth-order valence-electron chi connectivity index (χ4n) is 4.06. The van der Waals surface area contributed by atoms with Crippen LogP contribution in [0.15, 0.2) is 36.5 Å². The average Bonchev–Trinajstić information content (AvgIpc) is 3.44. The summed E-state index contributed by atoms with van der Waals surface area (Å²) in [6, 6.07) is 9.49. The Kier molecular flexibility index (Phi) is 5.91. The van der Waals surface area contributed by atoms with E-state index >= 15 is 0 Å². The summed E-state index contributed by atoms with van der Waals surface area (Å²) < 4.78 is 23.4. The summed E-state index contributed by atoms with van der Waals surface area (Å²) in [4.78, 5) is 29.6. The first-order valence-corrected chi connectivity index (χ1v) is 12.4. The number of hydrogen-bond donors (Lipinski definition) is 0. The number of carbonyl (C=O) groups is 1. The van der Waals surface area contributed by atoms with Crippen molar-refractivity contribution in [3.8, 4) is 23.0 Å². The third-order valence-corrected chi connectivity index (χ3v) is 7.15. The molecule has 0 N–H and O–H groups in total. The summed E-state index contributed by atoms with van der Waals surface area (Å²) in [5, 5.41) is 0. The minimum Gasteiger partial charge on any atom is -0.495 e. The highest BCUT2D eigenvalue weighted by Crippen LogP contribution is 2.40. The number of ether oxygens (including phenoxy) is 2. The lowest BCUT2D eigenvalue weighted by atomic mass is 10.1. The van der Waals surface area contributed by atoms with E-state index < -0.39 is 10.8 Å². The number of pyridine rings is 1. The predicted molar refractivity (Wildman–Crippen MR) is 129 cm³/mol. The summed E-state index contributed by atoms with van der Waals surface area (Å²) in [6.45, 7) is 0.710. The van der Waals surface area contributed by atoms with Gasteiger partial charge in [0, 0.05) is 48.8 Å². The van der Waals surface area contributed by atoms with Crippen LogP contribution in [0.2, 0.25) is 0 Å². The van der Waals surface area contributed by atoms with Gasteiger partial charge in [-0.25, -0.2) is 15.0 Å². The number of anilines is 2. The van der Waals surface area contributed by atoms with Crippen LogP contribution < -0.4 is 14.4 Å². The molecule has 10 heteroatoms. The zero-order chi connectivity index (χ0) is 23.8. The molecule has 1 amide bonds. The zero-order valence-electron chi connectivity index (χ0n) is 19.3. The van der Waals surface area contributed by atoms with E-state index in [0.29, 0.717) is 34.5 Å². The molecule has 9 nitrogen and oxygen atoms in total. The van der Waals surface area contributed by atoms with Gasteiger partial charge >= 0.3 is 0 Å². The topological polar surface area (TPSA) is 97.8 Å². The molecule has 0 saturated carbocycles. The van der Waals surface area contributed by atoms with Gasteiger partial charge in [0.15, 0.2) is 12.4 Å². The van der Waals surface area contributed by atoms with Crippen molar-refractivity contribution in [2.24, 2.45) is 0 Å². The van der Waals surface area contributed by atoms with E-state index in [4.69, 9.17) is 19.4 Å². The van der Waals surface area contributed by atoms with Gasteiger partial charge in [0.2, 0.25) is 0 Å². The molecule has 1 atom stereocenters. The van der Waals surface area contributed by atoms with Crippen molar-refractivity contribution in [2.45, 2.75) is 17.9 Å². The molecular formula is C24H25N5O4S. The van der Waals surface area contributed by atoms with Crippen LogP contribution >= 0.6 is 0 Å². The van der Waals surface area contributed by atoms with Crippen molar-refractivity contribution in [3.05, 3.63) is 53.3 Å². The number of carbonyl (C=O) groups excluding carboxylic acids is 1. The number of amides is 1. The van der Waals surface area contributed by atoms with Crippen LogP contribution in [0.1, 0.15) is 16.8 Å². The van der Waals surface area contributed by atoms with Gasteiger partial charge in [-0.15, -0.1) is 0 Å². The Balaban J connectivity index is 1.52. The minimum atomic E-state index is -1.01. The highest BCUT2D eigenvalue weighted by atomic mass is 32.2. The van der Waals surface area contributed by atoms with Crippen molar-refractivity contribution >= 4 is 28.2 Å². The SMILES string of the molecule is COc1ccc(-c2nc3c(c(N4CCc5ccc(OCC(=O)N(C)C)cc54)n2)CS(=O)C3)nc1. The Morgan fingerprint density at radius 1 is 1.15 bits per heavy atom. The second kappa shape index (κ2) is 9.02. The van der Waals surface area contributed by atoms with E-state index in [1.807, 2.05) is 30.3 Å². The van der Waals surface area contributed by atoms with Crippen molar-refractivity contribution in [3.63, 3.8) is 0 Å². The Morgan fingerprint density at radius 3 is 2.71 bits per heavy atom. The molecule has 2 aliphatic rings. The number of nitrogens with zero attached hydrogens (tertiary/aromatic N) is 5. The van der Waals surface area contributed by atoms with Crippen molar-refractivity contribution < 1.29 is 18.5 Å². The maximum absolute atomic E-state index is 12.4. The normalized spacial score (nSPS) is 16.2. The summed E-state index contributed by atoms with van der Waals surface area (Å²) in [5.41, 5.74) is 4.48. The number of likely N-dealkylation sites (N-methyl/N-ethyl adjacent to an activating group) is 1. The summed E-state index contributed by atoms with van der Waals surface area (Å²) in [5.74, 6) is 3.25. The number of hydrogen-bond acceptors (Lipinski definition) is 8. The predicted octanol–water partition coefficient (Wildman–Crippen LogP) is 2.47. The van der Waals surface area contributed by atoms with Gasteiger partial charge in [-0.2, -0.15) is 0 Å². The number of fused-ring (bicyclic) bond motifs is 2. The summed E-state index contributed by atoms with van der Waals surface area (Å²) >= 11 is 0. The lowest BCUT2D eigenvalue weighted by Gasteiger charge is -2.22. The molecule has 2 aromatic heterocycles. The molecule has 0 bridgehead atoms. The maximum atomic E-state index is 12.4. The zero-order valence-corrected chi connectivity index (χ0v) is 20.1. The first kappa shape index (κ1) is 22.3. The summed E-state index contributed by atoms with van der Waals surface area (Å²) in [7, 11) is 3.98. The fraction of sp³-hybridized carbons (Fsp3) is 0.333. The van der Waals surface area contributed by atoms with Gasteiger partial charge in [-0.1, -0.05) is 6.07 Å². The molecule has 2 aliphatic heterocycles. The molecule has 3 aromatic rings. The second-order valence-corrected chi connectivity index (χ2v) is 9.83. The average molecular weight is 480 g/mol. The molecule has 1 unspecified atom stereocenters. The molecular weight excluding hydrogens is 454 g/mol. The molecule has 0 aliphatic carbocycles. The molecule has 0 fully saturated rings. The molecule has 0 saturated heterocycles. The smallest absolute Gasteiger partial charge is 0.259 e. The van der Waals surface area contributed by atoms with Gasteiger partial charge in [0.1, 0.15) is 23.0 Å². The van der Waals surface area contributed by atoms with Crippen LogP contribution in [0, 0.1) is 0 Å². The number of benzene rings is 1. The van der Waals surface area contributed by atoms with Crippen molar-refractivity contribution in [1.29, 1.82) is 0 Å². The lowest BCUT2D eigenvalue weighted by Crippen LogP contribution is -2.27. The number of rotatable bonds is 6. The molecule has 0 radical (unpaired) electrons. The van der Waals surface area contributed by atoms with Crippen LogP contribution in [0.5, 0.6) is 11.5 Å². The minimum absolute atomic E-state index is 0.0268. The Morgan fingerprint density at radius 2 is 1.97 bits per heavy atom. The highest BCUT2D eigenvalue weighted by molar-refractivity contribution is 7.83. The first-order chi connectivity index (χ1) is 16.4. The maximum Gasteiger partial charge on any atom is 0.259 e. The van der Waals surface area contributed by atoms with Crippen LogP contribution in [0.25, 0.3) is 11.5 Å². The quantitative estimate of drug-likeness (QED) is 0.532. The van der Waals surface area contributed by atoms with Crippen LogP contribution in [0.3, 0.4) is 0 Å². The van der Waals surface area contributed by atoms with E-state index in [1.165, 1.54) is 10.5 Å². The van der Waals surface area contributed by atoms with Crippen molar-refractivity contribution in [2.75, 3.05) is 39.3 Å². The highest BCUT2D eigenvalue weighted by Gasteiger charge is 2.31. The van der Waals surface area contributed by atoms with Crippen LogP contribution in [0.4, 0.5) is 11.5 Å². The van der Waals surface area contributed by atoms with E-state index in [9.17, 15) is 9.00 Å². The van der Waals surface area contributed by atoms with Gasteiger partial charge in [0.05, 0.1) is 30.5 Å². The van der Waals surface area contributed by atoms with E-state index in [-0.39, 0.29) is 12.5 Å². The van der Waals surface area contributed by atoms with Gasteiger partial charge in [-0.05, 0) is 30.2 Å². The number of aromatic nitrogens is 3. The fourth-order valence-corrected chi connectivity index (χ4v) is 5.33. The molecule has 5 rings (SSSR count). The molecule has 34 heavy (non-hydrogen) atoms. The molecule has 1 aromatic carbocycles. The lowest BCUT2D eigenvalue weighted by molar-refractivity contribution is -0.130. The molecule has 0 spiro atoms. The van der Waals surface area contributed by atoms with Crippen LogP contribution in [-0.4, -0.2) is 64.3 Å². The second-order valence-electron chi connectivity index (χ2n) is 8.38. The van der Waals surface area contributed by atoms with E-state index in [0.717, 1.165) is 35.7 Å². The van der Waals surface area contributed by atoms with E-state index in [2.05, 4.69) is 9.88 Å². The largest absolute Gasteiger partial charge is 0.495 e. The number of methoxy groups -OCH3 is 1. The van der Waals surface area contributed by atoms with Crippen LogP contribution in [-0.2, 0) is 33.5 Å². The van der Waals surface area contributed by atoms with Gasteiger partial charge < -0.3 is 19.3 Å². The standard InChI is InChI=1S/C24H25N5O4S/c1-28(2)22(30)12-33-16-5-4-15-8-9-29(21(15)10-16)24-18-13-34(31)14-20(18)26-23(27-24)19-7-6-17(32-3)11-25-19/h4-7,10-11H,8-9,12-14H2,1-3H3.